The van der Waals surface area contributed by atoms with Crippen LogP contribution in [0, 0.1) is 6.92 Å². The number of amides is 2. The van der Waals surface area contributed by atoms with Crippen molar-refractivity contribution >= 4 is 46.3 Å². The molecule has 0 saturated carbocycles. The minimum absolute atomic E-state index is 0.163. The minimum Gasteiger partial charge on any atom is -0.325 e. The first kappa shape index (κ1) is 21.7. The molecule has 2 heterocycles. The van der Waals surface area contributed by atoms with Crippen LogP contribution >= 0.6 is 23.1 Å². The highest BCUT2D eigenvalue weighted by atomic mass is 32.2. The lowest BCUT2D eigenvalue weighted by Crippen LogP contribution is -2.15. The van der Waals surface area contributed by atoms with E-state index in [4.69, 9.17) is 0 Å². The van der Waals surface area contributed by atoms with Gasteiger partial charge in [0.2, 0.25) is 5.91 Å². The van der Waals surface area contributed by atoms with Crippen LogP contribution < -0.4 is 10.6 Å². The normalized spacial score (nSPS) is 10.7. The molecule has 0 radical (unpaired) electrons. The van der Waals surface area contributed by atoms with Gasteiger partial charge in [0, 0.05) is 34.9 Å². The van der Waals surface area contributed by atoms with Crippen molar-refractivity contribution in [3.63, 3.8) is 0 Å². The molecular formula is C22H20N6O2S2. The Labute approximate surface area is 193 Å². The summed E-state index contributed by atoms with van der Waals surface area (Å²) in [5.41, 5.74) is 3.64. The molecule has 0 saturated heterocycles. The molecule has 4 rings (SSSR count). The van der Waals surface area contributed by atoms with Gasteiger partial charge in [0.15, 0.2) is 5.16 Å². The second-order valence-electron chi connectivity index (χ2n) is 6.93. The number of hydrogen-bond acceptors (Lipinski definition) is 7. The molecule has 2 aromatic heterocycles. The number of carbonyl (C=O) groups is 2. The highest BCUT2D eigenvalue weighted by Gasteiger charge is 2.10. The molecule has 4 aromatic rings. The van der Waals surface area contributed by atoms with E-state index in [0.29, 0.717) is 22.1 Å². The van der Waals surface area contributed by atoms with Crippen LogP contribution in [-0.2, 0) is 11.8 Å². The molecule has 162 valence electrons. The number of thiazole rings is 1. The van der Waals surface area contributed by atoms with Crippen LogP contribution in [0.4, 0.5) is 11.4 Å². The van der Waals surface area contributed by atoms with E-state index in [-0.39, 0.29) is 17.6 Å². The van der Waals surface area contributed by atoms with Crippen molar-refractivity contribution in [3.8, 4) is 11.3 Å². The molecule has 8 nitrogen and oxygen atoms in total. The Morgan fingerprint density at radius 3 is 2.59 bits per heavy atom. The number of aromatic nitrogens is 4. The fourth-order valence-corrected chi connectivity index (χ4v) is 4.20. The zero-order valence-corrected chi connectivity index (χ0v) is 19.0. The molecule has 0 fully saturated rings. The molecule has 0 spiro atoms. The summed E-state index contributed by atoms with van der Waals surface area (Å²) in [6.07, 6.45) is 1.58. The summed E-state index contributed by atoms with van der Waals surface area (Å²) in [5, 5.41) is 17.1. The standard InChI is InChI=1S/C22H20N6O2S2/c1-14-24-19(11-31-14)16-4-3-5-18(10-16)26-21(30)15-6-8-17(9-7-15)25-20(29)12-32-22-27-23-13-28(22)2/h3-11,13H,12H2,1-2H3,(H,25,29)(H,26,30). The van der Waals surface area contributed by atoms with E-state index in [1.54, 1.807) is 46.5 Å². The van der Waals surface area contributed by atoms with Crippen molar-refractivity contribution in [2.45, 2.75) is 12.1 Å². The maximum absolute atomic E-state index is 12.6. The average molecular weight is 465 g/mol. The first-order chi connectivity index (χ1) is 15.5. The first-order valence-electron chi connectivity index (χ1n) is 9.68. The van der Waals surface area contributed by atoms with Crippen molar-refractivity contribution in [1.29, 1.82) is 0 Å². The van der Waals surface area contributed by atoms with Gasteiger partial charge in [0.25, 0.3) is 5.91 Å². The van der Waals surface area contributed by atoms with Gasteiger partial charge in [0.1, 0.15) is 6.33 Å². The van der Waals surface area contributed by atoms with Gasteiger partial charge in [-0.3, -0.25) is 9.59 Å². The van der Waals surface area contributed by atoms with Crippen LogP contribution in [0.2, 0.25) is 0 Å². The van der Waals surface area contributed by atoms with E-state index < -0.39 is 0 Å². The van der Waals surface area contributed by atoms with Crippen molar-refractivity contribution in [3.05, 3.63) is 70.8 Å². The van der Waals surface area contributed by atoms with E-state index in [9.17, 15) is 9.59 Å². The van der Waals surface area contributed by atoms with Crippen LogP contribution in [-0.4, -0.2) is 37.3 Å². The van der Waals surface area contributed by atoms with Crippen molar-refractivity contribution in [2.75, 3.05) is 16.4 Å². The van der Waals surface area contributed by atoms with E-state index >= 15 is 0 Å². The quantitative estimate of drug-likeness (QED) is 0.397. The molecule has 2 aromatic carbocycles. The lowest BCUT2D eigenvalue weighted by atomic mass is 10.1. The maximum Gasteiger partial charge on any atom is 0.255 e. The predicted octanol–water partition coefficient (Wildman–Crippen LogP) is 4.23. The zero-order valence-electron chi connectivity index (χ0n) is 17.4. The van der Waals surface area contributed by atoms with E-state index in [1.807, 2.05) is 43.6 Å². The monoisotopic (exact) mass is 464 g/mol. The number of aryl methyl sites for hydroxylation is 2. The summed E-state index contributed by atoms with van der Waals surface area (Å²) in [7, 11) is 1.82. The molecular weight excluding hydrogens is 444 g/mol. The molecule has 2 N–H and O–H groups in total. The van der Waals surface area contributed by atoms with Crippen molar-refractivity contribution in [2.24, 2.45) is 7.05 Å². The minimum atomic E-state index is -0.229. The number of thioether (sulfide) groups is 1. The number of nitrogens with one attached hydrogen (secondary N) is 2. The Morgan fingerprint density at radius 2 is 1.91 bits per heavy atom. The smallest absolute Gasteiger partial charge is 0.255 e. The topological polar surface area (TPSA) is 102 Å². The Bertz CT molecular complexity index is 1250. The van der Waals surface area contributed by atoms with E-state index in [2.05, 4.69) is 25.8 Å². The van der Waals surface area contributed by atoms with E-state index in [1.165, 1.54) is 11.8 Å². The molecule has 0 unspecified atom stereocenters. The molecule has 0 aliphatic heterocycles. The molecule has 2 amide bonds. The second-order valence-corrected chi connectivity index (χ2v) is 8.93. The Morgan fingerprint density at radius 1 is 1.09 bits per heavy atom. The van der Waals surface area contributed by atoms with Crippen LogP contribution in [0.1, 0.15) is 15.4 Å². The van der Waals surface area contributed by atoms with Gasteiger partial charge in [-0.2, -0.15) is 0 Å². The second kappa shape index (κ2) is 9.75. The number of carbonyl (C=O) groups excluding carboxylic acids is 2. The third kappa shape index (κ3) is 5.40. The molecule has 32 heavy (non-hydrogen) atoms. The van der Waals surface area contributed by atoms with Gasteiger partial charge < -0.3 is 15.2 Å². The number of rotatable bonds is 7. The predicted molar refractivity (Wildman–Crippen MR) is 127 cm³/mol. The van der Waals surface area contributed by atoms with Crippen LogP contribution in [0.3, 0.4) is 0 Å². The first-order valence-corrected chi connectivity index (χ1v) is 11.5. The fraction of sp³-hybridized carbons (Fsp3) is 0.136. The SMILES string of the molecule is Cc1nc(-c2cccc(NC(=O)c3ccc(NC(=O)CSc4nncn4C)cc3)c2)cs1. The third-order valence-electron chi connectivity index (χ3n) is 4.47. The Kier molecular flexibility index (Phi) is 6.62. The van der Waals surface area contributed by atoms with E-state index in [0.717, 1.165) is 16.3 Å². The third-order valence-corrected chi connectivity index (χ3v) is 6.28. The van der Waals surface area contributed by atoms with Crippen molar-refractivity contribution in [1.82, 2.24) is 19.7 Å². The van der Waals surface area contributed by atoms with Crippen LogP contribution in [0.5, 0.6) is 0 Å². The molecule has 0 aliphatic rings. The van der Waals surface area contributed by atoms with Gasteiger partial charge in [0.05, 0.1) is 16.5 Å². The lowest BCUT2D eigenvalue weighted by molar-refractivity contribution is -0.113. The zero-order chi connectivity index (χ0) is 22.5. The summed E-state index contributed by atoms with van der Waals surface area (Å²) < 4.78 is 1.75. The van der Waals surface area contributed by atoms with Gasteiger partial charge in [-0.05, 0) is 43.3 Å². The van der Waals surface area contributed by atoms with Crippen molar-refractivity contribution < 1.29 is 9.59 Å². The summed E-state index contributed by atoms with van der Waals surface area (Å²) in [4.78, 5) is 29.3. The van der Waals surface area contributed by atoms with Crippen LogP contribution in [0.15, 0.2) is 65.4 Å². The fourth-order valence-electron chi connectivity index (χ4n) is 2.89. The Hall–Kier alpha value is -3.50. The lowest BCUT2D eigenvalue weighted by Gasteiger charge is -2.08. The van der Waals surface area contributed by atoms with Gasteiger partial charge in [-0.15, -0.1) is 21.5 Å². The highest BCUT2D eigenvalue weighted by molar-refractivity contribution is 7.99. The van der Waals surface area contributed by atoms with Gasteiger partial charge >= 0.3 is 0 Å². The highest BCUT2D eigenvalue weighted by Crippen LogP contribution is 2.24. The summed E-state index contributed by atoms with van der Waals surface area (Å²) in [5.74, 6) is -0.180. The number of anilines is 2. The summed E-state index contributed by atoms with van der Waals surface area (Å²) >= 11 is 2.89. The van der Waals surface area contributed by atoms with Crippen LogP contribution in [0.25, 0.3) is 11.3 Å². The summed E-state index contributed by atoms with van der Waals surface area (Å²) in [6.45, 7) is 1.96. The number of hydrogen-bond donors (Lipinski definition) is 2. The maximum atomic E-state index is 12.6. The molecule has 10 heteroatoms. The Balaban J connectivity index is 1.34. The van der Waals surface area contributed by atoms with Gasteiger partial charge in [-0.1, -0.05) is 23.9 Å². The summed E-state index contributed by atoms with van der Waals surface area (Å²) in [6, 6.07) is 14.3. The average Bonchev–Trinajstić information content (AvgIpc) is 3.41. The van der Waals surface area contributed by atoms with Gasteiger partial charge in [-0.25, -0.2) is 4.98 Å². The number of nitrogens with zero attached hydrogens (tertiary/aromatic N) is 4. The number of benzene rings is 2. The molecule has 0 aliphatic carbocycles. The molecule has 0 atom stereocenters. The largest absolute Gasteiger partial charge is 0.325 e. The molecule has 0 bridgehead atoms.